The van der Waals surface area contributed by atoms with Gasteiger partial charge in [-0.05, 0) is 78.6 Å². The van der Waals surface area contributed by atoms with Crippen LogP contribution in [0.1, 0.15) is 86.2 Å². The van der Waals surface area contributed by atoms with Crippen LogP contribution < -0.4 is 20.9 Å². The van der Waals surface area contributed by atoms with E-state index in [4.69, 9.17) is 4.74 Å². The van der Waals surface area contributed by atoms with Crippen molar-refractivity contribution in [1.29, 1.82) is 0 Å². The van der Waals surface area contributed by atoms with Gasteiger partial charge in [-0.15, -0.1) is 0 Å². The summed E-state index contributed by atoms with van der Waals surface area (Å²) in [4.78, 5) is 30.7. The Morgan fingerprint density at radius 3 is 2.05 bits per heavy atom. The minimum atomic E-state index is -3.26. The summed E-state index contributed by atoms with van der Waals surface area (Å²) in [5.74, 6) is 1.53. The summed E-state index contributed by atoms with van der Waals surface area (Å²) in [5.41, 5.74) is -0.940. The van der Waals surface area contributed by atoms with E-state index in [0.29, 0.717) is 22.9 Å². The fourth-order valence-electron chi connectivity index (χ4n) is 5.14. The molecule has 0 spiro atoms. The molecule has 1 aromatic carbocycles. The number of nitrogens with zero attached hydrogens (tertiary/aromatic N) is 4. The molecule has 0 radical (unpaired) electrons. The van der Waals surface area contributed by atoms with Crippen molar-refractivity contribution in [3.05, 3.63) is 51.2 Å². The molecule has 3 rings (SSSR count). The molecule has 1 aliphatic rings. The van der Waals surface area contributed by atoms with Gasteiger partial charge in [0.15, 0.2) is 9.84 Å². The zero-order chi connectivity index (χ0) is 29.7. The molecular formula is C30H48N4O5S. The summed E-state index contributed by atoms with van der Waals surface area (Å²) in [6.45, 7) is 17.7. The van der Waals surface area contributed by atoms with E-state index in [1.54, 1.807) is 34.9 Å². The van der Waals surface area contributed by atoms with E-state index in [2.05, 4.69) is 16.7 Å². The Hall–Kier alpha value is -2.59. The monoisotopic (exact) mass is 576 g/mol. The van der Waals surface area contributed by atoms with Crippen LogP contribution in [0.5, 0.6) is 5.75 Å². The largest absolute Gasteiger partial charge is 0.488 e. The van der Waals surface area contributed by atoms with Gasteiger partial charge >= 0.3 is 5.69 Å². The zero-order valence-electron chi connectivity index (χ0n) is 25.4. The summed E-state index contributed by atoms with van der Waals surface area (Å²) >= 11 is 0. The van der Waals surface area contributed by atoms with Gasteiger partial charge in [0.2, 0.25) is 0 Å². The molecule has 1 saturated heterocycles. The lowest BCUT2D eigenvalue weighted by Crippen LogP contribution is -2.51. The topological polar surface area (TPSA) is 93.9 Å². The van der Waals surface area contributed by atoms with Crippen LogP contribution in [0.4, 0.5) is 5.82 Å². The molecule has 1 aliphatic heterocycles. The Kier molecular flexibility index (Phi) is 10.7. The van der Waals surface area contributed by atoms with Crippen LogP contribution in [0.15, 0.2) is 44.8 Å². The van der Waals surface area contributed by atoms with Crippen LogP contribution in [0.25, 0.3) is 0 Å². The van der Waals surface area contributed by atoms with Crippen LogP contribution in [-0.4, -0.2) is 66.5 Å². The maximum atomic E-state index is 13.1. The lowest BCUT2D eigenvalue weighted by Gasteiger charge is -2.38. The number of sulfone groups is 1. The first kappa shape index (κ1) is 31.9. The van der Waals surface area contributed by atoms with Crippen molar-refractivity contribution < 1.29 is 13.2 Å². The molecule has 224 valence electrons. The van der Waals surface area contributed by atoms with Gasteiger partial charge in [-0.25, -0.2) is 13.2 Å². The molecule has 1 fully saturated rings. The third-order valence-electron chi connectivity index (χ3n) is 7.50. The first-order valence-corrected chi connectivity index (χ1v) is 16.3. The predicted molar refractivity (Wildman–Crippen MR) is 162 cm³/mol. The molecule has 0 amide bonds. The summed E-state index contributed by atoms with van der Waals surface area (Å²) in [5, 5.41) is 0. The Bertz CT molecular complexity index is 1340. The molecule has 10 heteroatoms. The Labute approximate surface area is 239 Å². The van der Waals surface area contributed by atoms with Crippen molar-refractivity contribution in [2.45, 2.75) is 96.7 Å². The van der Waals surface area contributed by atoms with E-state index in [0.717, 1.165) is 52.0 Å². The molecule has 1 aromatic heterocycles. The van der Waals surface area contributed by atoms with Crippen molar-refractivity contribution in [2.75, 3.05) is 43.4 Å². The molecule has 9 nitrogen and oxygen atoms in total. The second-order valence-corrected chi connectivity index (χ2v) is 14.1. The SMILES string of the molecule is CCCCCS(=O)(=O)c1ccc(OC(C)(C)CCN2CCN(c3cc(=O)n(C(C)C)c(=O)n3C(C)C)CC2)cc1. The highest BCUT2D eigenvalue weighted by molar-refractivity contribution is 7.91. The summed E-state index contributed by atoms with van der Waals surface area (Å²) in [6, 6.07) is 8.13. The van der Waals surface area contributed by atoms with Gasteiger partial charge in [-0.1, -0.05) is 19.8 Å². The van der Waals surface area contributed by atoms with E-state index in [9.17, 15) is 18.0 Å². The molecule has 2 heterocycles. The van der Waals surface area contributed by atoms with Crippen LogP contribution in [0.2, 0.25) is 0 Å². The normalized spacial score (nSPS) is 15.3. The Balaban J connectivity index is 1.57. The first-order valence-electron chi connectivity index (χ1n) is 14.6. The molecule has 0 saturated carbocycles. The lowest BCUT2D eigenvalue weighted by atomic mass is 10.0. The summed E-state index contributed by atoms with van der Waals surface area (Å²) < 4.78 is 34.4. The number of benzene rings is 1. The van der Waals surface area contributed by atoms with Gasteiger partial charge < -0.3 is 9.64 Å². The quantitative estimate of drug-likeness (QED) is 0.324. The van der Waals surface area contributed by atoms with Crippen molar-refractivity contribution >= 4 is 15.7 Å². The maximum Gasteiger partial charge on any atom is 0.333 e. The van der Waals surface area contributed by atoms with Crippen LogP contribution in [0.3, 0.4) is 0 Å². The van der Waals surface area contributed by atoms with Crippen molar-refractivity contribution in [2.24, 2.45) is 0 Å². The minimum Gasteiger partial charge on any atom is -0.488 e. The highest BCUT2D eigenvalue weighted by Gasteiger charge is 2.26. The standard InChI is InChI=1S/C30H48N4O5S/c1-8-9-10-21-40(37,38)26-13-11-25(12-14-26)39-30(6,7)15-16-31-17-19-32(20-18-31)27-22-28(35)34(24(4)5)29(36)33(27)23(2)3/h11-14,22-24H,8-10,15-21H2,1-7H3. The third-order valence-corrected chi connectivity index (χ3v) is 9.32. The average molecular weight is 577 g/mol. The molecule has 0 unspecified atom stereocenters. The number of hydrogen-bond donors (Lipinski definition) is 0. The van der Waals surface area contributed by atoms with Crippen LogP contribution >= 0.6 is 0 Å². The fraction of sp³-hybridized carbons (Fsp3) is 0.667. The summed E-state index contributed by atoms with van der Waals surface area (Å²) in [7, 11) is -3.26. The second kappa shape index (κ2) is 13.4. The van der Waals surface area contributed by atoms with Crippen LogP contribution in [0, 0.1) is 0 Å². The van der Waals surface area contributed by atoms with Gasteiger partial charge in [0.25, 0.3) is 5.56 Å². The molecular weight excluding hydrogens is 528 g/mol. The van der Waals surface area contributed by atoms with E-state index in [1.165, 1.54) is 4.57 Å². The molecule has 40 heavy (non-hydrogen) atoms. The lowest BCUT2D eigenvalue weighted by molar-refractivity contribution is 0.0820. The number of aromatic nitrogens is 2. The average Bonchev–Trinajstić information content (AvgIpc) is 2.87. The van der Waals surface area contributed by atoms with Gasteiger partial charge in [0.1, 0.15) is 17.2 Å². The highest BCUT2D eigenvalue weighted by atomic mass is 32.2. The second-order valence-electron chi connectivity index (χ2n) is 12.0. The predicted octanol–water partition coefficient (Wildman–Crippen LogP) is 4.51. The zero-order valence-corrected chi connectivity index (χ0v) is 26.2. The number of unbranched alkanes of at least 4 members (excludes halogenated alkanes) is 2. The molecule has 2 aromatic rings. The molecule has 0 N–H and O–H groups in total. The summed E-state index contributed by atoms with van der Waals surface area (Å²) in [6.07, 6.45) is 3.37. The van der Waals surface area contributed by atoms with Gasteiger partial charge in [0.05, 0.1) is 10.6 Å². The number of hydrogen-bond acceptors (Lipinski definition) is 7. The first-order chi connectivity index (χ1) is 18.8. The third kappa shape index (κ3) is 8.00. The maximum absolute atomic E-state index is 13.1. The molecule has 0 bridgehead atoms. The number of piperazine rings is 1. The van der Waals surface area contributed by atoms with Crippen molar-refractivity contribution in [3.8, 4) is 5.75 Å². The Morgan fingerprint density at radius 1 is 0.900 bits per heavy atom. The molecule has 0 aliphatic carbocycles. The van der Waals surface area contributed by atoms with Crippen molar-refractivity contribution in [3.63, 3.8) is 0 Å². The molecule has 0 atom stereocenters. The van der Waals surface area contributed by atoms with E-state index in [1.807, 2.05) is 41.5 Å². The fourth-order valence-corrected chi connectivity index (χ4v) is 6.51. The smallest absolute Gasteiger partial charge is 0.333 e. The van der Waals surface area contributed by atoms with Crippen molar-refractivity contribution in [1.82, 2.24) is 14.0 Å². The van der Waals surface area contributed by atoms with Crippen LogP contribution in [-0.2, 0) is 9.84 Å². The van der Waals surface area contributed by atoms with E-state index in [-0.39, 0.29) is 29.1 Å². The Morgan fingerprint density at radius 2 is 1.50 bits per heavy atom. The van der Waals surface area contributed by atoms with E-state index < -0.39 is 15.4 Å². The number of ether oxygens (including phenoxy) is 1. The van der Waals surface area contributed by atoms with E-state index >= 15 is 0 Å². The minimum absolute atomic E-state index is 0.0562. The van der Waals surface area contributed by atoms with Gasteiger partial charge in [-0.2, -0.15) is 0 Å². The number of anilines is 1. The van der Waals surface area contributed by atoms with Gasteiger partial charge in [0, 0.05) is 50.9 Å². The number of rotatable bonds is 13. The highest BCUT2D eigenvalue weighted by Crippen LogP contribution is 2.25. The van der Waals surface area contributed by atoms with Gasteiger partial charge in [-0.3, -0.25) is 18.8 Å².